The van der Waals surface area contributed by atoms with Crippen LogP contribution >= 0.6 is 11.3 Å². The summed E-state index contributed by atoms with van der Waals surface area (Å²) in [6.07, 6.45) is 2.39. The van der Waals surface area contributed by atoms with Crippen LogP contribution in [0.1, 0.15) is 40.6 Å². The SMILES string of the molecule is COC(=O)c1ccc(CNC(=O)C(C)N2CCC(C(=O)NCCc3cccs3)CC2)cc1. The fourth-order valence-electron chi connectivity index (χ4n) is 3.84. The van der Waals surface area contributed by atoms with E-state index in [1.54, 1.807) is 35.6 Å². The van der Waals surface area contributed by atoms with E-state index in [1.165, 1.54) is 12.0 Å². The molecule has 0 bridgehead atoms. The fraction of sp³-hybridized carbons (Fsp3) is 0.458. The highest BCUT2D eigenvalue weighted by atomic mass is 32.1. The number of likely N-dealkylation sites (tertiary alicyclic amines) is 1. The molecule has 0 aliphatic carbocycles. The van der Waals surface area contributed by atoms with Gasteiger partial charge in [0.15, 0.2) is 0 Å². The van der Waals surface area contributed by atoms with Crippen molar-refractivity contribution in [1.82, 2.24) is 15.5 Å². The Balaban J connectivity index is 1.37. The first-order valence-corrected chi connectivity index (χ1v) is 11.8. The highest BCUT2D eigenvalue weighted by molar-refractivity contribution is 7.09. The number of methoxy groups -OCH3 is 1. The van der Waals surface area contributed by atoms with Crippen LogP contribution < -0.4 is 10.6 Å². The lowest BCUT2D eigenvalue weighted by Crippen LogP contribution is -2.49. The average Bonchev–Trinajstić information content (AvgIpc) is 3.35. The molecule has 2 N–H and O–H groups in total. The van der Waals surface area contributed by atoms with Crippen LogP contribution in [0.3, 0.4) is 0 Å². The van der Waals surface area contributed by atoms with Crippen molar-refractivity contribution in [2.24, 2.45) is 5.92 Å². The minimum absolute atomic E-state index is 0.0122. The van der Waals surface area contributed by atoms with Gasteiger partial charge in [-0.2, -0.15) is 0 Å². The van der Waals surface area contributed by atoms with Crippen molar-refractivity contribution in [2.75, 3.05) is 26.7 Å². The molecule has 1 aromatic carbocycles. The number of hydrogen-bond donors (Lipinski definition) is 2. The third-order valence-electron chi connectivity index (χ3n) is 5.92. The molecule has 8 heteroatoms. The number of carbonyl (C=O) groups is 3. The van der Waals surface area contributed by atoms with Gasteiger partial charge in [-0.25, -0.2) is 4.79 Å². The smallest absolute Gasteiger partial charge is 0.337 e. The second-order valence-electron chi connectivity index (χ2n) is 8.01. The molecule has 2 amide bonds. The third kappa shape index (κ3) is 6.64. The van der Waals surface area contributed by atoms with Gasteiger partial charge >= 0.3 is 5.97 Å². The largest absolute Gasteiger partial charge is 0.465 e. The molecule has 1 aliphatic heterocycles. The summed E-state index contributed by atoms with van der Waals surface area (Å²) in [6.45, 7) is 4.42. The first-order valence-electron chi connectivity index (χ1n) is 11.0. The summed E-state index contributed by atoms with van der Waals surface area (Å²) >= 11 is 1.71. The standard InChI is InChI=1S/C24H31N3O4S/c1-17(22(28)26-16-18-5-7-20(8-6-18)24(30)31-2)27-13-10-19(11-14-27)23(29)25-12-9-21-4-3-15-32-21/h3-8,15,17,19H,9-14,16H2,1-2H3,(H,25,29)(H,26,28). The molecular formula is C24H31N3O4S. The lowest BCUT2D eigenvalue weighted by atomic mass is 9.95. The topological polar surface area (TPSA) is 87.7 Å². The number of carbonyl (C=O) groups excluding carboxylic acids is 3. The molecule has 1 aliphatic rings. The number of nitrogens with zero attached hydrogens (tertiary/aromatic N) is 1. The van der Waals surface area contributed by atoms with E-state index < -0.39 is 0 Å². The second kappa shape index (κ2) is 11.8. The summed E-state index contributed by atoms with van der Waals surface area (Å²) in [4.78, 5) is 40.0. The van der Waals surface area contributed by atoms with Crippen molar-refractivity contribution in [3.63, 3.8) is 0 Å². The predicted molar refractivity (Wildman–Crippen MR) is 124 cm³/mol. The van der Waals surface area contributed by atoms with Crippen molar-refractivity contribution in [1.29, 1.82) is 0 Å². The van der Waals surface area contributed by atoms with E-state index in [2.05, 4.69) is 21.6 Å². The predicted octanol–water partition coefficient (Wildman–Crippen LogP) is 2.61. The molecule has 3 rings (SSSR count). The van der Waals surface area contributed by atoms with Crippen LogP contribution in [0.2, 0.25) is 0 Å². The van der Waals surface area contributed by atoms with Gasteiger partial charge in [-0.15, -0.1) is 11.3 Å². The number of amides is 2. The van der Waals surface area contributed by atoms with Gasteiger partial charge in [-0.1, -0.05) is 18.2 Å². The Labute approximate surface area is 193 Å². The van der Waals surface area contributed by atoms with E-state index in [0.29, 0.717) is 18.7 Å². The van der Waals surface area contributed by atoms with Crippen LogP contribution in [0.5, 0.6) is 0 Å². The van der Waals surface area contributed by atoms with E-state index in [-0.39, 0.29) is 29.7 Å². The Morgan fingerprint density at radius 3 is 2.47 bits per heavy atom. The van der Waals surface area contributed by atoms with Crippen LogP contribution in [0.25, 0.3) is 0 Å². The maximum absolute atomic E-state index is 12.6. The maximum Gasteiger partial charge on any atom is 0.337 e. The number of ether oxygens (including phenoxy) is 1. The van der Waals surface area contributed by atoms with Gasteiger partial charge in [-0.3, -0.25) is 14.5 Å². The third-order valence-corrected chi connectivity index (χ3v) is 6.86. The average molecular weight is 458 g/mol. The van der Waals surface area contributed by atoms with Crippen LogP contribution in [0.15, 0.2) is 41.8 Å². The van der Waals surface area contributed by atoms with Gasteiger partial charge < -0.3 is 15.4 Å². The zero-order valence-corrected chi connectivity index (χ0v) is 19.5. The van der Waals surface area contributed by atoms with Crippen molar-refractivity contribution >= 4 is 29.1 Å². The van der Waals surface area contributed by atoms with E-state index in [4.69, 9.17) is 4.74 Å². The summed E-state index contributed by atoms with van der Waals surface area (Å²) in [5, 5.41) is 8.06. The molecule has 0 saturated carbocycles. The highest BCUT2D eigenvalue weighted by Crippen LogP contribution is 2.19. The zero-order chi connectivity index (χ0) is 22.9. The normalized spacial score (nSPS) is 15.7. The number of nitrogens with one attached hydrogen (secondary N) is 2. The summed E-state index contributed by atoms with van der Waals surface area (Å²) < 4.78 is 4.69. The van der Waals surface area contributed by atoms with Crippen molar-refractivity contribution in [3.05, 3.63) is 57.8 Å². The molecule has 1 saturated heterocycles. The molecular weight excluding hydrogens is 426 g/mol. The van der Waals surface area contributed by atoms with E-state index in [9.17, 15) is 14.4 Å². The summed E-state index contributed by atoms with van der Waals surface area (Å²) in [5.41, 5.74) is 1.39. The van der Waals surface area contributed by atoms with Crippen LogP contribution in [-0.2, 0) is 27.3 Å². The molecule has 0 radical (unpaired) electrons. The summed E-state index contributed by atoms with van der Waals surface area (Å²) in [7, 11) is 1.35. The van der Waals surface area contributed by atoms with E-state index in [1.807, 2.05) is 18.4 Å². The first kappa shape index (κ1) is 23.9. The molecule has 172 valence electrons. The van der Waals surface area contributed by atoms with Crippen LogP contribution in [-0.4, -0.2) is 55.5 Å². The lowest BCUT2D eigenvalue weighted by Gasteiger charge is -2.34. The lowest BCUT2D eigenvalue weighted by molar-refractivity contribution is -0.128. The Morgan fingerprint density at radius 2 is 1.84 bits per heavy atom. The Hall–Kier alpha value is -2.71. The molecule has 32 heavy (non-hydrogen) atoms. The van der Waals surface area contributed by atoms with Crippen LogP contribution in [0, 0.1) is 5.92 Å². The van der Waals surface area contributed by atoms with Gasteiger partial charge in [0.1, 0.15) is 0 Å². The number of esters is 1. The molecule has 2 heterocycles. The number of hydrogen-bond acceptors (Lipinski definition) is 6. The molecule has 1 unspecified atom stereocenters. The second-order valence-corrected chi connectivity index (χ2v) is 9.05. The van der Waals surface area contributed by atoms with Gasteiger partial charge in [0.25, 0.3) is 0 Å². The van der Waals surface area contributed by atoms with Gasteiger partial charge in [-0.05, 0) is 68.4 Å². The van der Waals surface area contributed by atoms with Gasteiger partial charge in [0.2, 0.25) is 11.8 Å². The summed E-state index contributed by atoms with van der Waals surface area (Å²) in [6, 6.07) is 10.8. The van der Waals surface area contributed by atoms with Gasteiger partial charge in [0, 0.05) is 23.9 Å². The molecule has 1 fully saturated rings. The number of piperidine rings is 1. The summed E-state index contributed by atoms with van der Waals surface area (Å²) in [5.74, 6) is -0.290. The quantitative estimate of drug-likeness (QED) is 0.565. The Bertz CT molecular complexity index is 890. The van der Waals surface area contributed by atoms with Crippen molar-refractivity contribution < 1.29 is 19.1 Å². The highest BCUT2D eigenvalue weighted by Gasteiger charge is 2.29. The fourth-order valence-corrected chi connectivity index (χ4v) is 4.55. The molecule has 1 atom stereocenters. The molecule has 2 aromatic rings. The number of benzene rings is 1. The van der Waals surface area contributed by atoms with E-state index in [0.717, 1.165) is 37.9 Å². The van der Waals surface area contributed by atoms with Crippen LogP contribution in [0.4, 0.5) is 0 Å². The molecule has 1 aromatic heterocycles. The minimum Gasteiger partial charge on any atom is -0.465 e. The Morgan fingerprint density at radius 1 is 1.12 bits per heavy atom. The first-order chi connectivity index (χ1) is 15.5. The minimum atomic E-state index is -0.381. The Kier molecular flexibility index (Phi) is 8.81. The van der Waals surface area contributed by atoms with Gasteiger partial charge in [0.05, 0.1) is 18.7 Å². The number of thiophene rings is 1. The molecule has 7 nitrogen and oxygen atoms in total. The molecule has 0 spiro atoms. The zero-order valence-electron chi connectivity index (χ0n) is 18.6. The maximum atomic E-state index is 12.6. The van der Waals surface area contributed by atoms with E-state index >= 15 is 0 Å². The monoisotopic (exact) mass is 457 g/mol. The van der Waals surface area contributed by atoms with Crippen molar-refractivity contribution in [2.45, 2.75) is 38.8 Å². The number of rotatable bonds is 9. The van der Waals surface area contributed by atoms with Crippen molar-refractivity contribution in [3.8, 4) is 0 Å².